The van der Waals surface area contributed by atoms with E-state index in [1.807, 2.05) is 13.8 Å². The van der Waals surface area contributed by atoms with Crippen LogP contribution in [0.2, 0.25) is 0 Å². The SMILES string of the molecule is CC(C)NC(=O)CNC(=O)C1CSCN1. The zero-order valence-electron chi connectivity index (χ0n) is 9.00. The second kappa shape index (κ2) is 5.97. The van der Waals surface area contributed by atoms with Gasteiger partial charge in [-0.05, 0) is 13.8 Å². The second-order valence-corrected chi connectivity index (χ2v) is 4.74. The molecule has 0 aromatic heterocycles. The topological polar surface area (TPSA) is 70.2 Å². The van der Waals surface area contributed by atoms with Crippen molar-refractivity contribution in [3.63, 3.8) is 0 Å². The van der Waals surface area contributed by atoms with Crippen molar-refractivity contribution >= 4 is 23.6 Å². The van der Waals surface area contributed by atoms with Gasteiger partial charge in [0.2, 0.25) is 11.8 Å². The highest BCUT2D eigenvalue weighted by molar-refractivity contribution is 7.99. The maximum absolute atomic E-state index is 11.5. The lowest BCUT2D eigenvalue weighted by Gasteiger charge is -2.11. The van der Waals surface area contributed by atoms with Crippen LogP contribution in [0.4, 0.5) is 0 Å². The molecule has 1 saturated heterocycles. The maximum Gasteiger partial charge on any atom is 0.239 e. The average molecular weight is 231 g/mol. The third kappa shape index (κ3) is 4.53. The summed E-state index contributed by atoms with van der Waals surface area (Å²) in [5.41, 5.74) is 0. The first kappa shape index (κ1) is 12.3. The quantitative estimate of drug-likeness (QED) is 0.598. The Labute approximate surface area is 93.7 Å². The van der Waals surface area contributed by atoms with Crippen molar-refractivity contribution in [3.8, 4) is 0 Å². The molecule has 6 heteroatoms. The molecule has 15 heavy (non-hydrogen) atoms. The highest BCUT2D eigenvalue weighted by Gasteiger charge is 2.22. The first-order valence-corrected chi connectivity index (χ1v) is 6.13. The van der Waals surface area contributed by atoms with E-state index in [4.69, 9.17) is 0 Å². The van der Waals surface area contributed by atoms with Gasteiger partial charge in [0, 0.05) is 17.7 Å². The Morgan fingerprint density at radius 1 is 1.53 bits per heavy atom. The standard InChI is InChI=1S/C9H17N3O2S/c1-6(2)12-8(13)3-10-9(14)7-4-15-5-11-7/h6-7,11H,3-5H2,1-2H3,(H,10,14)(H,12,13). The molecular weight excluding hydrogens is 214 g/mol. The molecule has 0 aromatic carbocycles. The van der Waals surface area contributed by atoms with E-state index in [-0.39, 0.29) is 30.4 Å². The number of nitrogens with one attached hydrogen (secondary N) is 3. The number of hydrogen-bond donors (Lipinski definition) is 3. The number of rotatable bonds is 4. The molecular formula is C9H17N3O2S. The zero-order chi connectivity index (χ0) is 11.3. The smallest absolute Gasteiger partial charge is 0.239 e. The van der Waals surface area contributed by atoms with Gasteiger partial charge in [-0.15, -0.1) is 11.8 Å². The molecule has 0 aliphatic carbocycles. The fraction of sp³-hybridized carbons (Fsp3) is 0.778. The van der Waals surface area contributed by atoms with Crippen molar-refractivity contribution in [1.82, 2.24) is 16.0 Å². The fourth-order valence-electron chi connectivity index (χ4n) is 1.23. The number of carbonyl (C=O) groups excluding carboxylic acids is 2. The Balaban J connectivity index is 2.18. The summed E-state index contributed by atoms with van der Waals surface area (Å²) in [6, 6.07) is -0.0450. The molecule has 0 saturated carbocycles. The van der Waals surface area contributed by atoms with Gasteiger partial charge in [0.1, 0.15) is 0 Å². The molecule has 1 fully saturated rings. The van der Waals surface area contributed by atoms with E-state index in [1.54, 1.807) is 11.8 Å². The first-order valence-electron chi connectivity index (χ1n) is 4.98. The monoisotopic (exact) mass is 231 g/mol. The second-order valence-electron chi connectivity index (χ2n) is 3.71. The molecule has 1 heterocycles. The van der Waals surface area contributed by atoms with Crippen LogP contribution in [0, 0.1) is 0 Å². The minimum absolute atomic E-state index is 0.0554. The number of hydrogen-bond acceptors (Lipinski definition) is 4. The van der Waals surface area contributed by atoms with Crippen molar-refractivity contribution in [2.24, 2.45) is 0 Å². The molecule has 0 bridgehead atoms. The van der Waals surface area contributed by atoms with Gasteiger partial charge in [-0.3, -0.25) is 14.9 Å². The van der Waals surface area contributed by atoms with Crippen LogP contribution < -0.4 is 16.0 Å². The number of amides is 2. The first-order chi connectivity index (χ1) is 7.09. The number of carbonyl (C=O) groups is 2. The van der Waals surface area contributed by atoms with Gasteiger partial charge in [0.05, 0.1) is 12.6 Å². The van der Waals surface area contributed by atoms with E-state index in [0.29, 0.717) is 0 Å². The molecule has 1 aliphatic rings. The third-order valence-corrected chi connectivity index (χ3v) is 2.85. The molecule has 0 aromatic rings. The van der Waals surface area contributed by atoms with Gasteiger partial charge in [0.25, 0.3) is 0 Å². The van der Waals surface area contributed by atoms with Crippen LogP contribution in [0.3, 0.4) is 0 Å². The zero-order valence-corrected chi connectivity index (χ0v) is 9.82. The summed E-state index contributed by atoms with van der Waals surface area (Å²) in [7, 11) is 0. The predicted octanol–water partition coefficient (Wildman–Crippen LogP) is -0.710. The van der Waals surface area contributed by atoms with Crippen LogP contribution in [0.25, 0.3) is 0 Å². The summed E-state index contributed by atoms with van der Waals surface area (Å²) >= 11 is 1.68. The van der Waals surface area contributed by atoms with Crippen molar-refractivity contribution < 1.29 is 9.59 Å². The summed E-state index contributed by atoms with van der Waals surface area (Å²) in [6.07, 6.45) is 0. The largest absolute Gasteiger partial charge is 0.352 e. The van der Waals surface area contributed by atoms with Crippen LogP contribution >= 0.6 is 11.8 Å². The molecule has 2 amide bonds. The van der Waals surface area contributed by atoms with Crippen molar-refractivity contribution in [1.29, 1.82) is 0 Å². The highest BCUT2D eigenvalue weighted by atomic mass is 32.2. The molecule has 0 radical (unpaired) electrons. The van der Waals surface area contributed by atoms with Crippen molar-refractivity contribution in [3.05, 3.63) is 0 Å². The van der Waals surface area contributed by atoms with Gasteiger partial charge >= 0.3 is 0 Å². The van der Waals surface area contributed by atoms with Crippen molar-refractivity contribution in [2.75, 3.05) is 18.2 Å². The molecule has 86 valence electrons. The molecule has 1 aliphatic heterocycles. The third-order valence-electron chi connectivity index (χ3n) is 1.91. The summed E-state index contributed by atoms with van der Waals surface area (Å²) in [5.74, 6) is 1.33. The Kier molecular flexibility index (Phi) is 4.90. The lowest BCUT2D eigenvalue weighted by atomic mass is 10.3. The highest BCUT2D eigenvalue weighted by Crippen LogP contribution is 2.08. The summed E-state index contributed by atoms with van der Waals surface area (Å²) < 4.78 is 0. The van der Waals surface area contributed by atoms with E-state index < -0.39 is 0 Å². The van der Waals surface area contributed by atoms with E-state index >= 15 is 0 Å². The lowest BCUT2D eigenvalue weighted by molar-refractivity contribution is -0.127. The van der Waals surface area contributed by atoms with Crippen molar-refractivity contribution in [2.45, 2.75) is 25.9 Å². The van der Waals surface area contributed by atoms with Gasteiger partial charge in [0.15, 0.2) is 0 Å². The lowest BCUT2D eigenvalue weighted by Crippen LogP contribution is -2.46. The van der Waals surface area contributed by atoms with Crippen LogP contribution in [0.5, 0.6) is 0 Å². The Morgan fingerprint density at radius 3 is 2.80 bits per heavy atom. The minimum atomic E-state index is -0.151. The van der Waals surface area contributed by atoms with E-state index in [0.717, 1.165) is 11.6 Å². The van der Waals surface area contributed by atoms with Crippen LogP contribution in [0.1, 0.15) is 13.8 Å². The van der Waals surface area contributed by atoms with Gasteiger partial charge in [-0.25, -0.2) is 0 Å². The molecule has 1 atom stereocenters. The maximum atomic E-state index is 11.5. The van der Waals surface area contributed by atoms with Gasteiger partial charge in [-0.1, -0.05) is 0 Å². The Hall–Kier alpha value is -0.750. The number of thioether (sulfide) groups is 1. The molecule has 3 N–H and O–H groups in total. The Morgan fingerprint density at radius 2 is 2.27 bits per heavy atom. The van der Waals surface area contributed by atoms with Crippen LogP contribution in [-0.2, 0) is 9.59 Å². The molecule has 1 unspecified atom stereocenters. The molecule has 0 spiro atoms. The summed E-state index contributed by atoms with van der Waals surface area (Å²) in [5, 5.41) is 8.35. The predicted molar refractivity (Wildman–Crippen MR) is 60.5 cm³/mol. The minimum Gasteiger partial charge on any atom is -0.352 e. The summed E-state index contributed by atoms with van der Waals surface area (Å²) in [6.45, 7) is 3.82. The van der Waals surface area contributed by atoms with Gasteiger partial charge < -0.3 is 10.6 Å². The van der Waals surface area contributed by atoms with Gasteiger partial charge in [-0.2, -0.15) is 0 Å². The molecule has 1 rings (SSSR count). The van der Waals surface area contributed by atoms with E-state index in [9.17, 15) is 9.59 Å². The van der Waals surface area contributed by atoms with Crippen LogP contribution in [-0.4, -0.2) is 42.1 Å². The average Bonchev–Trinajstić information content (AvgIpc) is 2.65. The Bertz CT molecular complexity index is 240. The summed E-state index contributed by atoms with van der Waals surface area (Å²) in [4.78, 5) is 22.7. The van der Waals surface area contributed by atoms with Crippen LogP contribution in [0.15, 0.2) is 0 Å². The fourth-order valence-corrected chi connectivity index (χ4v) is 2.17. The molecule has 5 nitrogen and oxygen atoms in total. The van der Waals surface area contributed by atoms with E-state index in [1.165, 1.54) is 0 Å². The normalized spacial score (nSPS) is 20.3. The van der Waals surface area contributed by atoms with E-state index in [2.05, 4.69) is 16.0 Å².